The van der Waals surface area contributed by atoms with Gasteiger partial charge in [0.1, 0.15) is 5.82 Å². The van der Waals surface area contributed by atoms with Crippen LogP contribution in [-0.4, -0.2) is 80.0 Å². The number of anilines is 2. The molecule has 0 spiro atoms. The van der Waals surface area contributed by atoms with Crippen LogP contribution in [0, 0.1) is 5.82 Å². The largest absolute Gasteiger partial charge is 0.459 e. The summed E-state index contributed by atoms with van der Waals surface area (Å²) in [7, 11) is 0. The van der Waals surface area contributed by atoms with Crippen molar-refractivity contribution in [2.45, 2.75) is 0 Å². The van der Waals surface area contributed by atoms with E-state index in [1.165, 1.54) is 24.5 Å². The van der Waals surface area contributed by atoms with Gasteiger partial charge in [0.05, 0.1) is 25.0 Å². The molecule has 2 fully saturated rings. The van der Waals surface area contributed by atoms with Crippen molar-refractivity contribution < 1.29 is 27.9 Å². The fourth-order valence-corrected chi connectivity index (χ4v) is 4.55. The van der Waals surface area contributed by atoms with E-state index in [1.807, 2.05) is 6.07 Å². The normalized spacial score (nSPS) is 16.0. The minimum Gasteiger partial charge on any atom is -0.459 e. The second kappa shape index (κ2) is 10.8. The van der Waals surface area contributed by atoms with Crippen molar-refractivity contribution >= 4 is 29.1 Å². The molecule has 10 heteroatoms. The van der Waals surface area contributed by atoms with Crippen LogP contribution in [0.2, 0.25) is 0 Å². The molecule has 1 N–H and O–H groups in total. The molecule has 9 nitrogen and oxygen atoms in total. The van der Waals surface area contributed by atoms with Gasteiger partial charge in [-0.1, -0.05) is 6.07 Å². The summed E-state index contributed by atoms with van der Waals surface area (Å²) < 4.78 is 24.1. The van der Waals surface area contributed by atoms with Crippen molar-refractivity contribution in [1.29, 1.82) is 0 Å². The minimum absolute atomic E-state index is 0.148. The number of piperazine rings is 1. The van der Waals surface area contributed by atoms with E-state index in [0.717, 1.165) is 5.69 Å². The molecule has 5 rings (SSSR count). The number of rotatable bonds is 5. The van der Waals surface area contributed by atoms with E-state index in [4.69, 9.17) is 9.15 Å². The summed E-state index contributed by atoms with van der Waals surface area (Å²) in [6, 6.07) is 14.1. The molecule has 0 saturated carbocycles. The summed E-state index contributed by atoms with van der Waals surface area (Å²) in [5, 5.41) is 2.79. The van der Waals surface area contributed by atoms with E-state index in [2.05, 4.69) is 10.2 Å². The highest BCUT2D eigenvalue weighted by Crippen LogP contribution is 2.28. The average molecular weight is 507 g/mol. The third-order valence-electron chi connectivity index (χ3n) is 6.51. The monoisotopic (exact) mass is 506 g/mol. The van der Waals surface area contributed by atoms with E-state index >= 15 is 0 Å². The molecule has 3 heterocycles. The van der Waals surface area contributed by atoms with Crippen LogP contribution in [0.1, 0.15) is 31.3 Å². The Bertz CT molecular complexity index is 1280. The quantitative estimate of drug-likeness (QED) is 0.572. The van der Waals surface area contributed by atoms with Crippen molar-refractivity contribution in [1.82, 2.24) is 9.80 Å². The van der Waals surface area contributed by atoms with Crippen LogP contribution in [0.25, 0.3) is 0 Å². The number of halogens is 1. The molecule has 0 aliphatic carbocycles. The number of ether oxygens (including phenoxy) is 1. The maximum atomic E-state index is 13.6. The second-order valence-corrected chi connectivity index (χ2v) is 8.86. The zero-order valence-electron chi connectivity index (χ0n) is 20.2. The summed E-state index contributed by atoms with van der Waals surface area (Å²) in [5.74, 6) is -1.06. The van der Waals surface area contributed by atoms with Crippen molar-refractivity contribution in [3.63, 3.8) is 0 Å². The first kappa shape index (κ1) is 24.5. The number of furan rings is 1. The van der Waals surface area contributed by atoms with Crippen LogP contribution in [0.15, 0.2) is 65.3 Å². The van der Waals surface area contributed by atoms with E-state index in [1.54, 1.807) is 40.1 Å². The van der Waals surface area contributed by atoms with Gasteiger partial charge in [0.25, 0.3) is 17.7 Å². The molecule has 192 valence electrons. The fraction of sp³-hybridized carbons (Fsp3) is 0.296. The van der Waals surface area contributed by atoms with Gasteiger partial charge in [0.2, 0.25) is 0 Å². The number of benzene rings is 2. The highest BCUT2D eigenvalue weighted by atomic mass is 19.1. The number of morpholine rings is 1. The summed E-state index contributed by atoms with van der Waals surface area (Å²) in [6.07, 6.45) is 1.42. The standard InChI is InChI=1S/C27H27FN4O5/c28-20-4-1-3-19(17-20)26(34)31-10-8-30(9-11-31)23-7-6-21(29-25(33)24-5-2-14-37-24)18-22(23)27(35)32-12-15-36-16-13-32/h1-7,14,17-18H,8-13,15-16H2,(H,29,33). The number of carbonyl (C=O) groups is 3. The highest BCUT2D eigenvalue weighted by molar-refractivity contribution is 6.05. The Morgan fingerprint density at radius 2 is 1.57 bits per heavy atom. The van der Waals surface area contributed by atoms with Crippen LogP contribution < -0.4 is 10.2 Å². The number of hydrogen-bond donors (Lipinski definition) is 1. The molecule has 3 aromatic rings. The van der Waals surface area contributed by atoms with Gasteiger partial charge in [-0.2, -0.15) is 0 Å². The van der Waals surface area contributed by atoms with Gasteiger partial charge in [-0.3, -0.25) is 14.4 Å². The summed E-state index contributed by atoms with van der Waals surface area (Å²) in [4.78, 5) is 44.4. The maximum Gasteiger partial charge on any atom is 0.291 e. The van der Waals surface area contributed by atoms with Crippen LogP contribution in [0.4, 0.5) is 15.8 Å². The van der Waals surface area contributed by atoms with Gasteiger partial charge in [-0.15, -0.1) is 0 Å². The molecule has 2 aliphatic rings. The average Bonchev–Trinajstić information content (AvgIpc) is 3.48. The highest BCUT2D eigenvalue weighted by Gasteiger charge is 2.28. The molecule has 0 atom stereocenters. The van der Waals surface area contributed by atoms with Crippen molar-refractivity contribution in [3.05, 3.63) is 83.6 Å². The third kappa shape index (κ3) is 5.49. The SMILES string of the molecule is O=C(Nc1ccc(N2CCN(C(=O)c3cccc(F)c3)CC2)c(C(=O)N2CCOCC2)c1)c1ccco1. The predicted octanol–water partition coefficient (Wildman–Crippen LogP) is 3.11. The summed E-state index contributed by atoms with van der Waals surface area (Å²) in [6.45, 7) is 3.77. The van der Waals surface area contributed by atoms with Gasteiger partial charge in [-0.25, -0.2) is 4.39 Å². The van der Waals surface area contributed by atoms with Crippen LogP contribution in [0.3, 0.4) is 0 Å². The zero-order chi connectivity index (χ0) is 25.8. The maximum absolute atomic E-state index is 13.6. The minimum atomic E-state index is -0.449. The van der Waals surface area contributed by atoms with Gasteiger partial charge in [-0.05, 0) is 48.5 Å². The molecule has 3 amide bonds. The Balaban J connectivity index is 1.35. The van der Waals surface area contributed by atoms with E-state index in [9.17, 15) is 18.8 Å². The Labute approximate surface area is 213 Å². The first-order valence-corrected chi connectivity index (χ1v) is 12.2. The molecule has 2 saturated heterocycles. The molecule has 0 radical (unpaired) electrons. The number of nitrogens with zero attached hydrogens (tertiary/aromatic N) is 3. The lowest BCUT2D eigenvalue weighted by atomic mass is 10.1. The van der Waals surface area contributed by atoms with E-state index in [-0.39, 0.29) is 17.6 Å². The van der Waals surface area contributed by atoms with Gasteiger partial charge in [0.15, 0.2) is 5.76 Å². The van der Waals surface area contributed by atoms with Crippen molar-refractivity contribution in [3.8, 4) is 0 Å². The van der Waals surface area contributed by atoms with Gasteiger partial charge < -0.3 is 29.2 Å². The number of nitrogens with one attached hydrogen (secondary N) is 1. The van der Waals surface area contributed by atoms with Crippen molar-refractivity contribution in [2.24, 2.45) is 0 Å². The van der Waals surface area contributed by atoms with Crippen LogP contribution in [0.5, 0.6) is 0 Å². The smallest absolute Gasteiger partial charge is 0.291 e. The summed E-state index contributed by atoms with van der Waals surface area (Å²) in [5.41, 5.74) is 1.98. The molecular weight excluding hydrogens is 479 g/mol. The summed E-state index contributed by atoms with van der Waals surface area (Å²) >= 11 is 0. The lowest BCUT2D eigenvalue weighted by Crippen LogP contribution is -2.49. The molecule has 2 aliphatic heterocycles. The zero-order valence-corrected chi connectivity index (χ0v) is 20.2. The fourth-order valence-electron chi connectivity index (χ4n) is 4.55. The Kier molecular flexibility index (Phi) is 7.18. The van der Waals surface area contributed by atoms with Crippen LogP contribution >= 0.6 is 0 Å². The number of hydrogen-bond acceptors (Lipinski definition) is 6. The lowest BCUT2D eigenvalue weighted by Gasteiger charge is -2.37. The Morgan fingerprint density at radius 1 is 0.811 bits per heavy atom. The predicted molar refractivity (Wildman–Crippen MR) is 134 cm³/mol. The molecule has 0 bridgehead atoms. The van der Waals surface area contributed by atoms with Crippen molar-refractivity contribution in [2.75, 3.05) is 62.7 Å². The third-order valence-corrected chi connectivity index (χ3v) is 6.51. The lowest BCUT2D eigenvalue weighted by molar-refractivity contribution is 0.0303. The molecular formula is C27H27FN4O5. The van der Waals surface area contributed by atoms with E-state index < -0.39 is 11.7 Å². The number of carbonyl (C=O) groups excluding carboxylic acids is 3. The Morgan fingerprint density at radius 3 is 2.27 bits per heavy atom. The second-order valence-electron chi connectivity index (χ2n) is 8.86. The molecule has 2 aromatic carbocycles. The molecule has 37 heavy (non-hydrogen) atoms. The van der Waals surface area contributed by atoms with Gasteiger partial charge >= 0.3 is 0 Å². The first-order valence-electron chi connectivity index (χ1n) is 12.2. The molecule has 0 unspecified atom stereocenters. The number of amides is 3. The first-order chi connectivity index (χ1) is 18.0. The topological polar surface area (TPSA) is 95.3 Å². The van der Waals surface area contributed by atoms with Crippen LogP contribution in [-0.2, 0) is 4.74 Å². The Hall–Kier alpha value is -4.18. The van der Waals surface area contributed by atoms with Gasteiger partial charge in [0, 0.05) is 56.2 Å². The molecule has 1 aromatic heterocycles. The van der Waals surface area contributed by atoms with E-state index in [0.29, 0.717) is 69.3 Å².